The van der Waals surface area contributed by atoms with E-state index < -0.39 is 30.8 Å². The standard InChI is InChI=1S/C6H6F6O2/c1-3(13)14-2-5(8,9)4(7)6(10,11)12/h4H,2H2,1H3/t4-/m1/s1. The van der Waals surface area contributed by atoms with Crippen molar-refractivity contribution < 1.29 is 35.9 Å². The molecule has 0 radical (unpaired) electrons. The first kappa shape index (κ1) is 13.0. The maximum absolute atomic E-state index is 12.3. The fourth-order valence-corrected chi connectivity index (χ4v) is 0.510. The maximum Gasteiger partial charge on any atom is 0.425 e. The summed E-state index contributed by atoms with van der Waals surface area (Å²) in [4.78, 5) is 10.0. The maximum atomic E-state index is 12.3. The van der Waals surface area contributed by atoms with Gasteiger partial charge in [0.1, 0.15) is 0 Å². The van der Waals surface area contributed by atoms with Crippen LogP contribution >= 0.6 is 0 Å². The number of carbonyl (C=O) groups is 1. The molecule has 0 heterocycles. The summed E-state index contributed by atoms with van der Waals surface area (Å²) in [6, 6.07) is 0. The van der Waals surface area contributed by atoms with Gasteiger partial charge in [-0.05, 0) is 0 Å². The first-order valence-electron chi connectivity index (χ1n) is 3.29. The molecule has 0 aliphatic rings. The van der Waals surface area contributed by atoms with Gasteiger partial charge in [-0.15, -0.1) is 0 Å². The van der Waals surface area contributed by atoms with E-state index in [0.717, 1.165) is 6.92 Å². The van der Waals surface area contributed by atoms with Crippen LogP contribution in [0.1, 0.15) is 6.92 Å². The van der Waals surface area contributed by atoms with Crippen LogP contribution in [0.5, 0.6) is 0 Å². The minimum atomic E-state index is -5.68. The molecule has 84 valence electrons. The third-order valence-electron chi connectivity index (χ3n) is 1.13. The Hall–Kier alpha value is -0.950. The van der Waals surface area contributed by atoms with Gasteiger partial charge >= 0.3 is 18.1 Å². The number of esters is 1. The molecule has 0 unspecified atom stereocenters. The molecule has 0 rings (SSSR count). The van der Waals surface area contributed by atoms with Crippen molar-refractivity contribution in [1.82, 2.24) is 0 Å². The lowest BCUT2D eigenvalue weighted by Gasteiger charge is -2.21. The van der Waals surface area contributed by atoms with Gasteiger partial charge in [0, 0.05) is 6.92 Å². The molecule has 0 fully saturated rings. The number of carbonyl (C=O) groups excluding carboxylic acids is 1. The second-order valence-electron chi connectivity index (χ2n) is 2.45. The summed E-state index contributed by atoms with van der Waals surface area (Å²) >= 11 is 0. The highest BCUT2D eigenvalue weighted by Gasteiger charge is 2.57. The third-order valence-corrected chi connectivity index (χ3v) is 1.13. The summed E-state index contributed by atoms with van der Waals surface area (Å²) in [5, 5.41) is 0. The van der Waals surface area contributed by atoms with Crippen molar-refractivity contribution in [2.45, 2.75) is 25.2 Å². The zero-order valence-electron chi connectivity index (χ0n) is 6.87. The van der Waals surface area contributed by atoms with Crippen LogP contribution in [-0.4, -0.2) is 30.8 Å². The molecule has 0 aliphatic carbocycles. The Labute approximate surface area is 74.8 Å². The van der Waals surface area contributed by atoms with Gasteiger partial charge in [-0.2, -0.15) is 22.0 Å². The van der Waals surface area contributed by atoms with Gasteiger partial charge < -0.3 is 4.74 Å². The lowest BCUT2D eigenvalue weighted by Crippen LogP contribution is -2.45. The van der Waals surface area contributed by atoms with Gasteiger partial charge in [0.15, 0.2) is 6.61 Å². The SMILES string of the molecule is CC(=O)OCC(F)(F)[C@@H](F)C(F)(F)F. The highest BCUT2D eigenvalue weighted by atomic mass is 19.4. The molecule has 2 nitrogen and oxygen atoms in total. The minimum Gasteiger partial charge on any atom is -0.459 e. The largest absolute Gasteiger partial charge is 0.459 e. The van der Waals surface area contributed by atoms with Crippen LogP contribution in [0.15, 0.2) is 0 Å². The quantitative estimate of drug-likeness (QED) is 0.542. The topological polar surface area (TPSA) is 26.3 Å². The van der Waals surface area contributed by atoms with Gasteiger partial charge in [-0.25, -0.2) is 4.39 Å². The van der Waals surface area contributed by atoms with Crippen LogP contribution in [0.3, 0.4) is 0 Å². The fraction of sp³-hybridized carbons (Fsp3) is 0.833. The van der Waals surface area contributed by atoms with E-state index in [9.17, 15) is 31.1 Å². The summed E-state index contributed by atoms with van der Waals surface area (Å²) in [5.74, 6) is -5.97. The molecule has 0 aliphatic heterocycles. The van der Waals surface area contributed by atoms with Gasteiger partial charge in [0.2, 0.25) is 0 Å². The van der Waals surface area contributed by atoms with Crippen molar-refractivity contribution in [3.8, 4) is 0 Å². The third kappa shape index (κ3) is 3.84. The Morgan fingerprint density at radius 2 is 1.71 bits per heavy atom. The van der Waals surface area contributed by atoms with Crippen molar-refractivity contribution >= 4 is 5.97 Å². The molecule has 0 spiro atoms. The van der Waals surface area contributed by atoms with Gasteiger partial charge in [0.05, 0.1) is 0 Å². The normalized spacial score (nSPS) is 15.1. The van der Waals surface area contributed by atoms with Crippen LogP contribution in [0.25, 0.3) is 0 Å². The summed E-state index contributed by atoms with van der Waals surface area (Å²) in [5.41, 5.74) is 0. The van der Waals surface area contributed by atoms with Gasteiger partial charge in [0.25, 0.3) is 6.17 Å². The van der Waals surface area contributed by atoms with E-state index in [4.69, 9.17) is 0 Å². The van der Waals surface area contributed by atoms with E-state index in [2.05, 4.69) is 4.74 Å². The molecule has 0 saturated carbocycles. The van der Waals surface area contributed by atoms with Crippen molar-refractivity contribution in [1.29, 1.82) is 0 Å². The second kappa shape index (κ2) is 4.05. The number of alkyl halides is 6. The molecule has 14 heavy (non-hydrogen) atoms. The molecule has 0 amide bonds. The average Bonchev–Trinajstić information content (AvgIpc) is 1.98. The summed E-state index contributed by atoms with van der Waals surface area (Å²) in [7, 11) is 0. The molecular formula is C6H6F6O2. The monoisotopic (exact) mass is 224 g/mol. The zero-order valence-corrected chi connectivity index (χ0v) is 6.87. The molecule has 0 aromatic heterocycles. The van der Waals surface area contributed by atoms with Crippen molar-refractivity contribution in [3.63, 3.8) is 0 Å². The Morgan fingerprint density at radius 3 is 2.00 bits per heavy atom. The lowest BCUT2D eigenvalue weighted by atomic mass is 10.2. The number of hydrogen-bond acceptors (Lipinski definition) is 2. The van der Waals surface area contributed by atoms with Gasteiger partial charge in [-0.3, -0.25) is 4.79 Å². The number of halogens is 6. The lowest BCUT2D eigenvalue weighted by molar-refractivity contribution is -0.254. The Morgan fingerprint density at radius 1 is 1.29 bits per heavy atom. The van der Waals surface area contributed by atoms with E-state index in [1.54, 1.807) is 0 Å². The number of rotatable bonds is 3. The minimum absolute atomic E-state index is 0.719. The molecule has 0 saturated heterocycles. The van der Waals surface area contributed by atoms with Crippen LogP contribution in [0, 0.1) is 0 Å². The number of hydrogen-bond donors (Lipinski definition) is 0. The highest BCUT2D eigenvalue weighted by Crippen LogP contribution is 2.34. The first-order chi connectivity index (χ1) is 6.07. The van der Waals surface area contributed by atoms with Crippen LogP contribution < -0.4 is 0 Å². The second-order valence-corrected chi connectivity index (χ2v) is 2.45. The molecule has 8 heteroatoms. The Kier molecular flexibility index (Phi) is 3.78. The van der Waals surface area contributed by atoms with Gasteiger partial charge in [-0.1, -0.05) is 0 Å². The first-order valence-corrected chi connectivity index (χ1v) is 3.29. The van der Waals surface area contributed by atoms with E-state index in [1.165, 1.54) is 0 Å². The van der Waals surface area contributed by atoms with Crippen LogP contribution in [0.4, 0.5) is 26.3 Å². The van der Waals surface area contributed by atoms with E-state index in [-0.39, 0.29) is 0 Å². The van der Waals surface area contributed by atoms with E-state index in [1.807, 2.05) is 0 Å². The summed E-state index contributed by atoms with van der Waals surface area (Å²) in [6.45, 7) is -1.21. The molecule has 0 bridgehead atoms. The summed E-state index contributed by atoms with van der Waals surface area (Å²) in [6.07, 6.45) is -10.0. The van der Waals surface area contributed by atoms with Crippen molar-refractivity contribution in [2.75, 3.05) is 6.61 Å². The van der Waals surface area contributed by atoms with Crippen LogP contribution in [0.2, 0.25) is 0 Å². The van der Waals surface area contributed by atoms with Crippen molar-refractivity contribution in [3.05, 3.63) is 0 Å². The van der Waals surface area contributed by atoms with E-state index in [0.29, 0.717) is 0 Å². The molecule has 0 N–H and O–H groups in total. The fourth-order valence-electron chi connectivity index (χ4n) is 0.510. The van der Waals surface area contributed by atoms with Crippen LogP contribution in [-0.2, 0) is 9.53 Å². The highest BCUT2D eigenvalue weighted by molar-refractivity contribution is 5.65. The molecule has 0 aromatic rings. The smallest absolute Gasteiger partial charge is 0.425 e. The predicted molar refractivity (Wildman–Crippen MR) is 32.5 cm³/mol. The number of ether oxygens (including phenoxy) is 1. The van der Waals surface area contributed by atoms with E-state index >= 15 is 0 Å². The molecular weight excluding hydrogens is 218 g/mol. The average molecular weight is 224 g/mol. The summed E-state index contributed by atoms with van der Waals surface area (Å²) < 4.78 is 74.7. The predicted octanol–water partition coefficient (Wildman–Crippen LogP) is 2.09. The Bertz CT molecular complexity index is 211. The molecule has 1 atom stereocenters. The molecule has 0 aromatic carbocycles. The Balaban J connectivity index is 4.38. The van der Waals surface area contributed by atoms with Crippen molar-refractivity contribution in [2.24, 2.45) is 0 Å². The zero-order chi connectivity index (χ0) is 11.6.